The molecule has 7 heteroatoms. The van der Waals surface area contributed by atoms with E-state index < -0.39 is 11.9 Å². The molecule has 3 rings (SSSR count). The third-order valence-electron chi connectivity index (χ3n) is 4.87. The number of ether oxygens (including phenoxy) is 4. The smallest absolute Gasteiger partial charge is 0.340 e. The van der Waals surface area contributed by atoms with Gasteiger partial charge in [-0.15, -0.1) is 0 Å². The maximum absolute atomic E-state index is 12.6. The highest BCUT2D eigenvalue weighted by molar-refractivity contribution is 5.98. The molecule has 0 saturated carbocycles. The van der Waals surface area contributed by atoms with Crippen molar-refractivity contribution in [3.63, 3.8) is 0 Å². The van der Waals surface area contributed by atoms with Crippen LogP contribution in [0.25, 0.3) is 10.9 Å². The molecule has 0 aliphatic rings. The molecular weight excluding hydrogens is 398 g/mol. The second-order valence-electron chi connectivity index (χ2n) is 6.82. The Balaban J connectivity index is 1.82. The first kappa shape index (κ1) is 22.1. The largest absolute Gasteiger partial charge is 0.493 e. The van der Waals surface area contributed by atoms with Crippen LogP contribution in [0.15, 0.2) is 42.5 Å². The highest BCUT2D eigenvalue weighted by Crippen LogP contribution is 2.28. The topological polar surface area (TPSA) is 84.0 Å². The summed E-state index contributed by atoms with van der Waals surface area (Å²) in [6.07, 6.45) is 0.0433. The number of aromatic nitrogens is 1. The first-order valence-electron chi connectivity index (χ1n) is 9.90. The number of hydrogen-bond acceptors (Lipinski definition) is 7. The molecule has 0 fully saturated rings. The summed E-state index contributed by atoms with van der Waals surface area (Å²) in [7, 11) is 3.08. The number of rotatable bonds is 8. The summed E-state index contributed by atoms with van der Waals surface area (Å²) >= 11 is 0. The summed E-state index contributed by atoms with van der Waals surface area (Å²) in [5, 5.41) is 0.853. The molecule has 162 valence electrons. The highest BCUT2D eigenvalue weighted by Gasteiger charge is 2.21. The molecule has 0 radical (unpaired) electrons. The zero-order chi connectivity index (χ0) is 22.4. The number of fused-ring (bicyclic) bond motifs is 1. The van der Waals surface area contributed by atoms with Gasteiger partial charge in [0.2, 0.25) is 0 Å². The fourth-order valence-electron chi connectivity index (χ4n) is 3.38. The zero-order valence-corrected chi connectivity index (χ0v) is 18.1. The standard InChI is InChI=1S/C24H25NO6/c1-5-30-24(27)23-15(2)17-8-6-7-9-18(17)25-19(23)14-31-22(26)13-16-10-11-20(28-3)21(12-16)29-4/h6-12H,5,13-14H2,1-4H3. The van der Waals surface area contributed by atoms with Gasteiger partial charge in [-0.05, 0) is 43.2 Å². The van der Waals surface area contributed by atoms with Crippen molar-refractivity contribution >= 4 is 22.8 Å². The summed E-state index contributed by atoms with van der Waals surface area (Å²) in [6.45, 7) is 3.69. The van der Waals surface area contributed by atoms with Gasteiger partial charge in [-0.1, -0.05) is 24.3 Å². The molecule has 31 heavy (non-hydrogen) atoms. The molecule has 0 aliphatic heterocycles. The van der Waals surface area contributed by atoms with Crippen LogP contribution < -0.4 is 9.47 Å². The Bertz CT molecular complexity index is 1110. The number of carbonyl (C=O) groups is 2. The zero-order valence-electron chi connectivity index (χ0n) is 18.1. The maximum Gasteiger partial charge on any atom is 0.340 e. The molecule has 0 amide bonds. The van der Waals surface area contributed by atoms with Gasteiger partial charge in [-0.3, -0.25) is 4.79 Å². The Hall–Kier alpha value is -3.61. The Morgan fingerprint density at radius 1 is 0.968 bits per heavy atom. The summed E-state index contributed by atoms with van der Waals surface area (Å²) < 4.78 is 21.1. The second-order valence-corrected chi connectivity index (χ2v) is 6.82. The van der Waals surface area contributed by atoms with Gasteiger partial charge in [0.15, 0.2) is 11.5 Å². The Morgan fingerprint density at radius 3 is 2.42 bits per heavy atom. The van der Waals surface area contributed by atoms with E-state index in [1.165, 1.54) is 7.11 Å². The normalized spacial score (nSPS) is 10.6. The van der Waals surface area contributed by atoms with E-state index in [0.717, 1.165) is 22.0 Å². The van der Waals surface area contributed by atoms with Crippen molar-refractivity contribution in [3.05, 3.63) is 64.8 Å². The van der Waals surface area contributed by atoms with E-state index in [0.29, 0.717) is 22.8 Å². The Morgan fingerprint density at radius 2 is 1.71 bits per heavy atom. The van der Waals surface area contributed by atoms with Crippen LogP contribution in [0.1, 0.15) is 34.1 Å². The second kappa shape index (κ2) is 9.93. The molecule has 0 atom stereocenters. The summed E-state index contributed by atoms with van der Waals surface area (Å²) in [6, 6.07) is 12.7. The molecule has 0 N–H and O–H groups in total. The van der Waals surface area contributed by atoms with Crippen LogP contribution in [-0.2, 0) is 27.3 Å². The molecule has 0 spiro atoms. The molecule has 0 aliphatic carbocycles. The highest BCUT2D eigenvalue weighted by atomic mass is 16.5. The van der Waals surface area contributed by atoms with Crippen molar-refractivity contribution in [2.75, 3.05) is 20.8 Å². The van der Waals surface area contributed by atoms with Crippen LogP contribution in [0.5, 0.6) is 11.5 Å². The Labute approximate surface area is 180 Å². The Kier molecular flexibility index (Phi) is 7.07. The van der Waals surface area contributed by atoms with Crippen LogP contribution >= 0.6 is 0 Å². The quantitative estimate of drug-likeness (QED) is 0.506. The van der Waals surface area contributed by atoms with Gasteiger partial charge in [0.25, 0.3) is 0 Å². The van der Waals surface area contributed by atoms with Crippen LogP contribution in [0.4, 0.5) is 0 Å². The van der Waals surface area contributed by atoms with Crippen molar-refractivity contribution in [1.29, 1.82) is 0 Å². The minimum atomic E-state index is -0.482. The third-order valence-corrected chi connectivity index (χ3v) is 4.87. The summed E-state index contributed by atoms with van der Waals surface area (Å²) in [4.78, 5) is 29.6. The molecule has 0 saturated heterocycles. The van der Waals surface area contributed by atoms with Gasteiger partial charge in [-0.25, -0.2) is 9.78 Å². The SMILES string of the molecule is CCOC(=O)c1c(COC(=O)Cc2ccc(OC)c(OC)c2)nc2ccccc2c1C. The van der Waals surface area contributed by atoms with Gasteiger partial charge in [-0.2, -0.15) is 0 Å². The molecule has 1 heterocycles. The minimum Gasteiger partial charge on any atom is -0.493 e. The number of methoxy groups -OCH3 is 2. The van der Waals surface area contributed by atoms with Crippen molar-refractivity contribution in [3.8, 4) is 11.5 Å². The van der Waals surface area contributed by atoms with E-state index in [1.807, 2.05) is 31.2 Å². The van der Waals surface area contributed by atoms with Crippen LogP contribution in [0.3, 0.4) is 0 Å². The molecule has 1 aromatic heterocycles. The van der Waals surface area contributed by atoms with Gasteiger partial charge in [0.1, 0.15) is 6.61 Å². The van der Waals surface area contributed by atoms with Crippen molar-refractivity contribution in [2.24, 2.45) is 0 Å². The van der Waals surface area contributed by atoms with Gasteiger partial charge in [0, 0.05) is 5.39 Å². The van der Waals surface area contributed by atoms with E-state index in [1.54, 1.807) is 32.2 Å². The molecule has 2 aromatic carbocycles. The van der Waals surface area contributed by atoms with Crippen LogP contribution in [-0.4, -0.2) is 37.7 Å². The molecule has 0 bridgehead atoms. The van der Waals surface area contributed by atoms with E-state index >= 15 is 0 Å². The van der Waals surface area contributed by atoms with Crippen LogP contribution in [0.2, 0.25) is 0 Å². The predicted octanol–water partition coefficient (Wildman–Crippen LogP) is 4.02. The lowest BCUT2D eigenvalue weighted by Gasteiger charge is -2.14. The fraction of sp³-hybridized carbons (Fsp3) is 0.292. The van der Waals surface area contributed by atoms with E-state index in [4.69, 9.17) is 18.9 Å². The van der Waals surface area contributed by atoms with E-state index in [9.17, 15) is 9.59 Å². The third kappa shape index (κ3) is 4.94. The van der Waals surface area contributed by atoms with Crippen molar-refractivity contribution in [1.82, 2.24) is 4.98 Å². The lowest BCUT2D eigenvalue weighted by molar-refractivity contribution is -0.144. The lowest BCUT2D eigenvalue weighted by Crippen LogP contribution is -2.15. The van der Waals surface area contributed by atoms with Gasteiger partial charge >= 0.3 is 11.9 Å². The van der Waals surface area contributed by atoms with Crippen molar-refractivity contribution < 1.29 is 28.5 Å². The molecule has 7 nitrogen and oxygen atoms in total. The summed E-state index contributed by atoms with van der Waals surface area (Å²) in [5.41, 5.74) is 2.89. The average molecular weight is 423 g/mol. The number of hydrogen-bond donors (Lipinski definition) is 0. The lowest BCUT2D eigenvalue weighted by atomic mass is 10.0. The first-order chi connectivity index (χ1) is 15.0. The van der Waals surface area contributed by atoms with Crippen LogP contribution in [0, 0.1) is 6.92 Å². The number of benzene rings is 2. The van der Waals surface area contributed by atoms with Crippen molar-refractivity contribution in [2.45, 2.75) is 26.9 Å². The number of pyridine rings is 1. The number of para-hydroxylation sites is 1. The van der Waals surface area contributed by atoms with E-state index in [-0.39, 0.29) is 19.6 Å². The maximum atomic E-state index is 12.6. The summed E-state index contributed by atoms with van der Waals surface area (Å²) in [5.74, 6) is 0.178. The first-order valence-corrected chi connectivity index (χ1v) is 9.90. The molecule has 3 aromatic rings. The minimum absolute atomic E-state index is 0.0433. The average Bonchev–Trinajstić information content (AvgIpc) is 2.77. The predicted molar refractivity (Wildman–Crippen MR) is 115 cm³/mol. The molecule has 0 unspecified atom stereocenters. The van der Waals surface area contributed by atoms with Gasteiger partial charge < -0.3 is 18.9 Å². The number of esters is 2. The monoisotopic (exact) mass is 423 g/mol. The number of aryl methyl sites for hydroxylation is 1. The number of carbonyl (C=O) groups excluding carboxylic acids is 2. The van der Waals surface area contributed by atoms with E-state index in [2.05, 4.69) is 4.98 Å². The number of nitrogens with zero attached hydrogens (tertiary/aromatic N) is 1. The van der Waals surface area contributed by atoms with Gasteiger partial charge in [0.05, 0.1) is 44.0 Å². The molecular formula is C24H25NO6. The fourth-order valence-corrected chi connectivity index (χ4v) is 3.38.